The lowest BCUT2D eigenvalue weighted by Gasteiger charge is -2.34. The van der Waals surface area contributed by atoms with Crippen molar-refractivity contribution in [3.05, 3.63) is 0 Å². The summed E-state index contributed by atoms with van der Waals surface area (Å²) in [5, 5.41) is 3.02. The summed E-state index contributed by atoms with van der Waals surface area (Å²) in [7, 11) is 0. The van der Waals surface area contributed by atoms with Crippen molar-refractivity contribution in [3.8, 4) is 0 Å². The topological polar surface area (TPSA) is 41.6 Å². The number of nitrogens with zero attached hydrogens (tertiary/aromatic N) is 1. The van der Waals surface area contributed by atoms with Gasteiger partial charge in [-0.05, 0) is 32.6 Å². The Kier molecular flexibility index (Phi) is 5.56. The normalized spacial score (nSPS) is 19.3. The summed E-state index contributed by atoms with van der Waals surface area (Å²) >= 11 is 1.87. The van der Waals surface area contributed by atoms with Gasteiger partial charge in [-0.3, -0.25) is 0 Å². The Bertz CT molecular complexity index is 302. The number of alkyl carbamates (subject to hydrolysis) is 1. The van der Waals surface area contributed by atoms with Crippen LogP contribution in [0, 0.1) is 5.41 Å². The fraction of sp³-hybridized carbons (Fsp3) is 0.929. The highest BCUT2D eigenvalue weighted by Crippen LogP contribution is 2.26. The van der Waals surface area contributed by atoms with Crippen LogP contribution in [0.2, 0.25) is 0 Å². The number of ether oxygens (including phenoxy) is 1. The molecule has 0 aromatic rings. The highest BCUT2D eigenvalue weighted by Gasteiger charge is 2.31. The molecule has 1 aliphatic heterocycles. The predicted octanol–water partition coefficient (Wildman–Crippen LogP) is 3.28. The molecule has 1 amide bonds. The number of hydrogen-bond acceptors (Lipinski definition) is 4. The maximum Gasteiger partial charge on any atom is 0.407 e. The van der Waals surface area contributed by atoms with E-state index in [0.717, 1.165) is 13.1 Å². The van der Waals surface area contributed by atoms with Crippen molar-refractivity contribution in [1.29, 1.82) is 0 Å². The van der Waals surface area contributed by atoms with Crippen molar-refractivity contribution < 1.29 is 9.53 Å². The van der Waals surface area contributed by atoms with Gasteiger partial charge in [0.05, 0.1) is 6.04 Å². The average molecular weight is 288 g/mol. The lowest BCUT2D eigenvalue weighted by atomic mass is 9.86. The monoisotopic (exact) mass is 288 g/mol. The van der Waals surface area contributed by atoms with Crippen LogP contribution in [0.1, 0.15) is 48.0 Å². The third kappa shape index (κ3) is 6.52. The fourth-order valence-corrected chi connectivity index (χ4v) is 2.86. The minimum absolute atomic E-state index is 0.0139. The lowest BCUT2D eigenvalue weighted by molar-refractivity contribution is 0.0455. The number of nitrogens with one attached hydrogen (secondary N) is 1. The zero-order valence-corrected chi connectivity index (χ0v) is 13.9. The Hall–Kier alpha value is -0.420. The lowest BCUT2D eigenvalue weighted by Crippen LogP contribution is -2.50. The summed E-state index contributed by atoms with van der Waals surface area (Å²) in [6.07, 6.45) is 0.908. The maximum atomic E-state index is 11.9. The predicted molar refractivity (Wildman–Crippen MR) is 81.3 cm³/mol. The van der Waals surface area contributed by atoms with Crippen LogP contribution in [-0.2, 0) is 4.74 Å². The summed E-state index contributed by atoms with van der Waals surface area (Å²) in [5.41, 5.74) is -0.436. The minimum Gasteiger partial charge on any atom is -0.444 e. The molecule has 0 saturated carbocycles. The Labute approximate surface area is 121 Å². The summed E-state index contributed by atoms with van der Waals surface area (Å²) < 4.78 is 7.69. The van der Waals surface area contributed by atoms with E-state index in [9.17, 15) is 4.79 Å². The number of rotatable bonds is 3. The first-order chi connectivity index (χ1) is 8.58. The molecule has 0 radical (unpaired) electrons. The molecule has 112 valence electrons. The molecule has 0 bridgehead atoms. The second-order valence-electron chi connectivity index (χ2n) is 7.14. The van der Waals surface area contributed by atoms with E-state index < -0.39 is 5.60 Å². The molecular formula is C14H28N2O2S. The van der Waals surface area contributed by atoms with Crippen LogP contribution < -0.4 is 5.32 Å². The van der Waals surface area contributed by atoms with E-state index in [1.54, 1.807) is 0 Å². The van der Waals surface area contributed by atoms with Crippen molar-refractivity contribution in [3.63, 3.8) is 0 Å². The van der Waals surface area contributed by atoms with E-state index in [2.05, 4.69) is 30.4 Å². The molecule has 0 spiro atoms. The van der Waals surface area contributed by atoms with Gasteiger partial charge >= 0.3 is 6.09 Å². The van der Waals surface area contributed by atoms with Gasteiger partial charge in [0, 0.05) is 18.8 Å². The van der Waals surface area contributed by atoms with Crippen LogP contribution in [0.3, 0.4) is 0 Å². The molecule has 1 atom stereocenters. The van der Waals surface area contributed by atoms with Gasteiger partial charge in [-0.25, -0.2) is 9.10 Å². The first kappa shape index (κ1) is 16.6. The Balaban J connectivity index is 2.57. The highest BCUT2D eigenvalue weighted by molar-refractivity contribution is 7.97. The van der Waals surface area contributed by atoms with Crippen LogP contribution >= 0.6 is 11.9 Å². The van der Waals surface area contributed by atoms with Gasteiger partial charge in [0.2, 0.25) is 0 Å². The van der Waals surface area contributed by atoms with Crippen molar-refractivity contribution in [2.45, 2.75) is 59.6 Å². The summed E-state index contributed by atoms with van der Waals surface area (Å²) in [6, 6.07) is 0.0907. The smallest absolute Gasteiger partial charge is 0.407 e. The number of carbonyl (C=O) groups is 1. The van der Waals surface area contributed by atoms with E-state index in [4.69, 9.17) is 4.74 Å². The molecule has 1 saturated heterocycles. The molecule has 1 unspecified atom stereocenters. The zero-order valence-electron chi connectivity index (χ0n) is 13.1. The number of amides is 1. The molecular weight excluding hydrogens is 260 g/mol. The SMILES string of the molecule is CC(C)(C)OC(=O)NC(CN1CCCS1)C(C)(C)C. The van der Waals surface area contributed by atoms with Crippen LogP contribution in [0.25, 0.3) is 0 Å². The molecule has 4 nitrogen and oxygen atoms in total. The molecule has 19 heavy (non-hydrogen) atoms. The molecule has 1 fully saturated rings. The second kappa shape index (κ2) is 6.35. The summed E-state index contributed by atoms with van der Waals surface area (Å²) in [5.74, 6) is 1.18. The fourth-order valence-electron chi connectivity index (χ4n) is 1.83. The van der Waals surface area contributed by atoms with Gasteiger partial charge in [-0.1, -0.05) is 32.7 Å². The van der Waals surface area contributed by atoms with E-state index in [0.29, 0.717) is 0 Å². The summed E-state index contributed by atoms with van der Waals surface area (Å²) in [6.45, 7) is 14.1. The van der Waals surface area contributed by atoms with Gasteiger partial charge in [-0.15, -0.1) is 0 Å². The van der Waals surface area contributed by atoms with Gasteiger partial charge in [0.15, 0.2) is 0 Å². The largest absolute Gasteiger partial charge is 0.444 e. The van der Waals surface area contributed by atoms with E-state index in [1.807, 2.05) is 32.7 Å². The zero-order chi connectivity index (χ0) is 14.7. The second-order valence-corrected chi connectivity index (χ2v) is 8.32. The molecule has 1 N–H and O–H groups in total. The van der Waals surface area contributed by atoms with Crippen LogP contribution in [0.15, 0.2) is 0 Å². The highest BCUT2D eigenvalue weighted by atomic mass is 32.2. The molecule has 1 heterocycles. The third-order valence-electron chi connectivity index (χ3n) is 2.95. The van der Waals surface area contributed by atoms with Crippen molar-refractivity contribution in [2.75, 3.05) is 18.8 Å². The molecule has 0 aromatic heterocycles. The van der Waals surface area contributed by atoms with Crippen LogP contribution in [-0.4, -0.2) is 40.9 Å². The Morgan fingerprint density at radius 2 is 1.95 bits per heavy atom. The number of carbonyl (C=O) groups excluding carboxylic acids is 1. The quantitative estimate of drug-likeness (QED) is 0.809. The van der Waals surface area contributed by atoms with Crippen molar-refractivity contribution >= 4 is 18.0 Å². The van der Waals surface area contributed by atoms with Crippen LogP contribution in [0.4, 0.5) is 4.79 Å². The average Bonchev–Trinajstić information content (AvgIpc) is 2.64. The Morgan fingerprint density at radius 1 is 1.32 bits per heavy atom. The van der Waals surface area contributed by atoms with Gasteiger partial charge in [0.25, 0.3) is 0 Å². The van der Waals surface area contributed by atoms with Crippen molar-refractivity contribution in [1.82, 2.24) is 9.62 Å². The Morgan fingerprint density at radius 3 is 2.37 bits per heavy atom. The molecule has 0 aliphatic carbocycles. The van der Waals surface area contributed by atoms with Crippen LogP contribution in [0.5, 0.6) is 0 Å². The first-order valence-electron chi connectivity index (χ1n) is 6.95. The molecule has 0 aromatic carbocycles. The van der Waals surface area contributed by atoms with E-state index in [-0.39, 0.29) is 17.6 Å². The van der Waals surface area contributed by atoms with E-state index in [1.165, 1.54) is 12.2 Å². The summed E-state index contributed by atoms with van der Waals surface area (Å²) in [4.78, 5) is 11.9. The third-order valence-corrected chi connectivity index (χ3v) is 4.12. The molecule has 5 heteroatoms. The van der Waals surface area contributed by atoms with Crippen molar-refractivity contribution in [2.24, 2.45) is 5.41 Å². The minimum atomic E-state index is -0.449. The standard InChI is InChI=1S/C14H28N2O2S/c1-13(2,3)11(10-16-8-7-9-19-16)15-12(17)18-14(4,5)6/h11H,7-10H2,1-6H3,(H,15,17). The van der Waals surface area contributed by atoms with Gasteiger partial charge in [0.1, 0.15) is 5.60 Å². The first-order valence-corrected chi connectivity index (χ1v) is 7.89. The maximum absolute atomic E-state index is 11.9. The molecule has 1 rings (SSSR count). The van der Waals surface area contributed by atoms with Gasteiger partial charge in [-0.2, -0.15) is 0 Å². The number of hydrogen-bond donors (Lipinski definition) is 1. The van der Waals surface area contributed by atoms with Gasteiger partial charge < -0.3 is 10.1 Å². The molecule has 1 aliphatic rings. The van der Waals surface area contributed by atoms with E-state index >= 15 is 0 Å².